The molecule has 0 radical (unpaired) electrons. The van der Waals surface area contributed by atoms with Crippen LogP contribution in [0.2, 0.25) is 5.02 Å². The Balaban J connectivity index is 1.39. The van der Waals surface area contributed by atoms with Crippen LogP contribution in [0.4, 0.5) is 0 Å². The number of benzene rings is 2. The van der Waals surface area contributed by atoms with E-state index in [-0.39, 0.29) is 42.6 Å². The maximum absolute atomic E-state index is 13.4. The van der Waals surface area contributed by atoms with Crippen LogP contribution in [0.3, 0.4) is 0 Å². The Morgan fingerprint density at radius 2 is 1.70 bits per heavy atom. The van der Waals surface area contributed by atoms with Crippen LogP contribution in [0.1, 0.15) is 38.5 Å². The summed E-state index contributed by atoms with van der Waals surface area (Å²) in [5.74, 6) is -0.683. The quantitative estimate of drug-likeness (QED) is 0.173. The molecule has 0 atom stereocenters. The number of aromatic hydroxyl groups is 2. The predicted octanol–water partition coefficient (Wildman–Crippen LogP) is 4.67. The van der Waals surface area contributed by atoms with Gasteiger partial charge in [0.2, 0.25) is 5.88 Å². The molecule has 0 unspecified atom stereocenters. The second-order valence-corrected chi connectivity index (χ2v) is 11.7. The van der Waals surface area contributed by atoms with Gasteiger partial charge in [0.1, 0.15) is 5.75 Å². The normalized spacial score (nSPS) is 15.3. The molecule has 1 saturated carbocycles. The summed E-state index contributed by atoms with van der Waals surface area (Å²) < 4.78 is 32.1. The molecule has 1 heterocycles. The van der Waals surface area contributed by atoms with Crippen molar-refractivity contribution in [1.29, 1.82) is 0 Å². The Kier molecular flexibility index (Phi) is 8.01. The summed E-state index contributed by atoms with van der Waals surface area (Å²) >= 11 is 6.21. The van der Waals surface area contributed by atoms with Crippen LogP contribution in [0.15, 0.2) is 59.5 Å². The maximum atomic E-state index is 13.4. The summed E-state index contributed by atoms with van der Waals surface area (Å²) in [5.41, 5.74) is 2.57. The molecule has 2 aromatic carbocycles. The minimum absolute atomic E-state index is 0.0142. The highest BCUT2D eigenvalue weighted by Crippen LogP contribution is 2.40. The highest BCUT2D eigenvalue weighted by atomic mass is 35.5. The Labute approximate surface area is 220 Å². The Morgan fingerprint density at radius 3 is 2.35 bits per heavy atom. The minimum atomic E-state index is -4.04. The van der Waals surface area contributed by atoms with Gasteiger partial charge in [-0.2, -0.15) is 0 Å². The number of hydroxylamine groups is 1. The number of carbonyl (C=O) groups excluding carboxylic acids is 1. The first-order chi connectivity index (χ1) is 17.7. The Bertz CT molecular complexity index is 1360. The molecular weight excluding hydrogens is 520 g/mol. The number of carbonyl (C=O) groups is 1. The first-order valence-electron chi connectivity index (χ1n) is 12.0. The number of ether oxygens (including phenoxy) is 1. The number of halogens is 1. The third-order valence-corrected chi connectivity index (χ3v) is 9.68. The van der Waals surface area contributed by atoms with Crippen molar-refractivity contribution in [1.82, 2.24) is 10.0 Å². The highest BCUT2D eigenvalue weighted by molar-refractivity contribution is 7.93. The van der Waals surface area contributed by atoms with Gasteiger partial charge in [0.05, 0.1) is 11.5 Å². The largest absolute Gasteiger partial charge is 0.494 e. The van der Waals surface area contributed by atoms with E-state index in [4.69, 9.17) is 16.3 Å². The number of rotatable bonds is 9. The van der Waals surface area contributed by atoms with E-state index in [9.17, 15) is 28.6 Å². The van der Waals surface area contributed by atoms with Gasteiger partial charge >= 0.3 is 0 Å². The molecule has 1 aliphatic rings. The van der Waals surface area contributed by atoms with Crippen LogP contribution in [0.25, 0.3) is 11.1 Å². The van der Waals surface area contributed by atoms with Gasteiger partial charge in [0, 0.05) is 28.8 Å². The van der Waals surface area contributed by atoms with E-state index in [2.05, 4.69) is 0 Å². The smallest absolute Gasteiger partial charge is 0.265 e. The number of amides is 1. The van der Waals surface area contributed by atoms with Gasteiger partial charge in [-0.05, 0) is 49.6 Å². The number of nitrogens with zero attached hydrogens (tertiary/aromatic N) is 1. The molecular formula is C26H29ClN2O7S. The standard InChI is InChI=1S/C26H29ClN2O7S/c27-22-8-3-2-7-20(22)21-17-23(30)29(24(21)31)15-6-16-36-18-9-11-19(12-10-18)37(34,35)26(25(32)28-33)13-4-1-5-14-26/h2-3,7-12,17,30-31,33H,1,4-6,13-16H2,(H,28,32). The van der Waals surface area contributed by atoms with Crippen molar-refractivity contribution >= 4 is 27.3 Å². The molecule has 3 aromatic rings. The molecule has 1 aliphatic carbocycles. The second-order valence-electron chi connectivity index (χ2n) is 9.04. The number of hydrogen-bond acceptors (Lipinski definition) is 7. The van der Waals surface area contributed by atoms with Gasteiger partial charge in [0.15, 0.2) is 20.5 Å². The molecule has 0 saturated heterocycles. The summed E-state index contributed by atoms with van der Waals surface area (Å²) in [4.78, 5) is 12.4. The number of hydrogen-bond donors (Lipinski definition) is 4. The summed E-state index contributed by atoms with van der Waals surface area (Å²) in [5, 5.41) is 30.5. The van der Waals surface area contributed by atoms with Gasteiger partial charge in [0.25, 0.3) is 5.91 Å². The van der Waals surface area contributed by atoms with Crippen LogP contribution >= 0.6 is 11.6 Å². The zero-order valence-corrected chi connectivity index (χ0v) is 21.6. The lowest BCUT2D eigenvalue weighted by Gasteiger charge is -2.34. The van der Waals surface area contributed by atoms with E-state index in [0.717, 1.165) is 6.42 Å². The van der Waals surface area contributed by atoms with Crippen molar-refractivity contribution in [3.63, 3.8) is 0 Å². The first kappa shape index (κ1) is 26.8. The molecule has 0 bridgehead atoms. The monoisotopic (exact) mass is 548 g/mol. The number of aromatic nitrogens is 1. The molecule has 198 valence electrons. The van der Waals surface area contributed by atoms with Crippen molar-refractivity contribution in [2.45, 2.75) is 54.7 Å². The average molecular weight is 549 g/mol. The summed E-state index contributed by atoms with van der Waals surface area (Å²) in [6, 6.07) is 14.3. The van der Waals surface area contributed by atoms with Gasteiger partial charge in [-0.3, -0.25) is 14.6 Å². The van der Waals surface area contributed by atoms with Crippen molar-refractivity contribution in [2.75, 3.05) is 6.61 Å². The number of sulfone groups is 1. The lowest BCUT2D eigenvalue weighted by atomic mass is 9.88. The van der Waals surface area contributed by atoms with Crippen LogP contribution in [-0.2, 0) is 21.2 Å². The molecule has 4 rings (SSSR count). The maximum Gasteiger partial charge on any atom is 0.265 e. The van der Waals surface area contributed by atoms with Crippen LogP contribution in [0, 0.1) is 0 Å². The van der Waals surface area contributed by atoms with E-state index >= 15 is 0 Å². The first-order valence-corrected chi connectivity index (χ1v) is 13.9. The fourth-order valence-corrected chi connectivity index (χ4v) is 7.12. The molecule has 0 spiro atoms. The lowest BCUT2D eigenvalue weighted by Crippen LogP contribution is -2.52. The van der Waals surface area contributed by atoms with E-state index in [1.54, 1.807) is 29.7 Å². The minimum Gasteiger partial charge on any atom is -0.494 e. The van der Waals surface area contributed by atoms with Crippen molar-refractivity contribution in [3.8, 4) is 28.6 Å². The third-order valence-electron chi connectivity index (χ3n) is 6.83. The molecule has 37 heavy (non-hydrogen) atoms. The fourth-order valence-electron chi connectivity index (χ4n) is 4.82. The molecule has 1 aromatic heterocycles. The Hall–Kier alpha value is -3.21. The van der Waals surface area contributed by atoms with Crippen molar-refractivity contribution < 1.29 is 33.4 Å². The van der Waals surface area contributed by atoms with E-state index in [1.165, 1.54) is 34.9 Å². The molecule has 1 amide bonds. The van der Waals surface area contributed by atoms with Gasteiger partial charge in [-0.1, -0.05) is 49.1 Å². The SMILES string of the molecule is O=C(NO)C1(S(=O)(=O)c2ccc(OCCCn3c(O)cc(-c4ccccc4Cl)c3O)cc2)CCCCC1. The second kappa shape index (κ2) is 11.0. The predicted molar refractivity (Wildman–Crippen MR) is 138 cm³/mol. The Morgan fingerprint density at radius 1 is 1.03 bits per heavy atom. The lowest BCUT2D eigenvalue weighted by molar-refractivity contribution is -0.132. The summed E-state index contributed by atoms with van der Waals surface area (Å²) in [6.07, 6.45) is 2.75. The molecule has 4 N–H and O–H groups in total. The van der Waals surface area contributed by atoms with Gasteiger partial charge in [-0.15, -0.1) is 0 Å². The van der Waals surface area contributed by atoms with E-state index in [1.807, 2.05) is 0 Å². The molecule has 9 nitrogen and oxygen atoms in total. The van der Waals surface area contributed by atoms with Crippen LogP contribution in [0.5, 0.6) is 17.5 Å². The zero-order chi connectivity index (χ0) is 26.6. The zero-order valence-electron chi connectivity index (χ0n) is 20.1. The van der Waals surface area contributed by atoms with Crippen LogP contribution < -0.4 is 10.2 Å². The van der Waals surface area contributed by atoms with Gasteiger partial charge in [-0.25, -0.2) is 13.9 Å². The highest BCUT2D eigenvalue weighted by Gasteiger charge is 2.51. The molecule has 11 heteroatoms. The van der Waals surface area contributed by atoms with Crippen molar-refractivity contribution in [2.24, 2.45) is 0 Å². The summed E-state index contributed by atoms with van der Waals surface area (Å²) in [7, 11) is -4.04. The van der Waals surface area contributed by atoms with Crippen molar-refractivity contribution in [3.05, 3.63) is 59.6 Å². The fraction of sp³-hybridized carbons (Fsp3) is 0.346. The van der Waals surface area contributed by atoms with Crippen LogP contribution in [-0.4, -0.2) is 45.7 Å². The topological polar surface area (TPSA) is 138 Å². The molecule has 0 aliphatic heterocycles. The van der Waals surface area contributed by atoms with E-state index in [0.29, 0.717) is 41.2 Å². The average Bonchev–Trinajstić information content (AvgIpc) is 3.19. The third kappa shape index (κ3) is 5.14. The number of nitrogens with one attached hydrogen (secondary N) is 1. The molecule has 1 fully saturated rings. The van der Waals surface area contributed by atoms with Gasteiger partial charge < -0.3 is 14.9 Å². The summed E-state index contributed by atoms with van der Waals surface area (Å²) in [6.45, 7) is 0.509. The van der Waals surface area contributed by atoms with E-state index < -0.39 is 20.5 Å².